The summed E-state index contributed by atoms with van der Waals surface area (Å²) < 4.78 is 0. The number of hydrogen-bond acceptors (Lipinski definition) is 3. The predicted octanol–water partition coefficient (Wildman–Crippen LogP) is 4.56. The first kappa shape index (κ1) is 19.1. The molecule has 28 heavy (non-hydrogen) atoms. The lowest BCUT2D eigenvalue weighted by molar-refractivity contribution is 0.102. The van der Waals surface area contributed by atoms with E-state index in [1.807, 2.05) is 49.4 Å². The summed E-state index contributed by atoms with van der Waals surface area (Å²) >= 11 is 0. The van der Waals surface area contributed by atoms with E-state index in [1.54, 1.807) is 48.6 Å². The lowest BCUT2D eigenvalue weighted by atomic mass is 10.1. The Labute approximate surface area is 164 Å². The van der Waals surface area contributed by atoms with Gasteiger partial charge in [0.15, 0.2) is 0 Å². The van der Waals surface area contributed by atoms with Crippen LogP contribution >= 0.6 is 0 Å². The number of carbonyl (C=O) groups excluding carboxylic acids is 2. The molecule has 142 valence electrons. The molecule has 0 fully saturated rings. The molecule has 0 aliphatic carbocycles. The Bertz CT molecular complexity index is 945. The number of aromatic nitrogens is 1. The Morgan fingerprint density at radius 2 is 1.68 bits per heavy atom. The van der Waals surface area contributed by atoms with Crippen molar-refractivity contribution in [2.24, 2.45) is 0 Å². The van der Waals surface area contributed by atoms with Crippen LogP contribution in [0.5, 0.6) is 0 Å². The monoisotopic (exact) mass is 374 g/mol. The van der Waals surface area contributed by atoms with Crippen LogP contribution in [0.2, 0.25) is 0 Å². The molecule has 3 amide bonds. The summed E-state index contributed by atoms with van der Waals surface area (Å²) in [5.41, 5.74) is 2.82. The minimum absolute atomic E-state index is 0.173. The lowest BCUT2D eigenvalue weighted by Crippen LogP contribution is -2.33. The van der Waals surface area contributed by atoms with Gasteiger partial charge in [-0.2, -0.15) is 0 Å². The molecule has 0 saturated carbocycles. The van der Waals surface area contributed by atoms with Crippen LogP contribution in [-0.2, 0) is 0 Å². The molecule has 1 atom stereocenters. The average Bonchev–Trinajstić information content (AvgIpc) is 2.74. The van der Waals surface area contributed by atoms with Crippen molar-refractivity contribution in [2.75, 3.05) is 17.7 Å². The number of hydrogen-bond donors (Lipinski definition) is 2. The van der Waals surface area contributed by atoms with E-state index in [0.29, 0.717) is 16.9 Å². The van der Waals surface area contributed by atoms with Gasteiger partial charge in [-0.3, -0.25) is 9.78 Å². The van der Waals surface area contributed by atoms with Crippen molar-refractivity contribution in [3.05, 3.63) is 90.3 Å². The number of nitrogens with zero attached hydrogens (tertiary/aromatic N) is 2. The number of benzene rings is 2. The second-order valence-corrected chi connectivity index (χ2v) is 6.40. The predicted molar refractivity (Wildman–Crippen MR) is 110 cm³/mol. The summed E-state index contributed by atoms with van der Waals surface area (Å²) in [7, 11) is 1.73. The molecule has 0 unspecified atom stereocenters. The number of amides is 3. The van der Waals surface area contributed by atoms with Crippen LogP contribution in [0.4, 0.5) is 16.2 Å². The summed E-state index contributed by atoms with van der Waals surface area (Å²) in [5, 5.41) is 5.71. The maximum absolute atomic E-state index is 12.5. The molecule has 2 aromatic carbocycles. The second-order valence-electron chi connectivity index (χ2n) is 6.40. The highest BCUT2D eigenvalue weighted by Gasteiger charge is 2.18. The number of carbonyl (C=O) groups is 2. The van der Waals surface area contributed by atoms with Gasteiger partial charge in [-0.25, -0.2) is 4.79 Å². The van der Waals surface area contributed by atoms with Gasteiger partial charge in [0, 0.05) is 24.5 Å². The molecule has 0 aliphatic rings. The van der Waals surface area contributed by atoms with Gasteiger partial charge < -0.3 is 15.5 Å². The van der Waals surface area contributed by atoms with Crippen LogP contribution in [0.25, 0.3) is 0 Å². The third kappa shape index (κ3) is 4.73. The molecule has 0 spiro atoms. The Kier molecular flexibility index (Phi) is 6.01. The Hall–Kier alpha value is -3.67. The molecule has 0 aliphatic heterocycles. The van der Waals surface area contributed by atoms with Crippen molar-refractivity contribution in [1.82, 2.24) is 9.88 Å². The highest BCUT2D eigenvalue weighted by Crippen LogP contribution is 2.23. The molecule has 6 nitrogen and oxygen atoms in total. The van der Waals surface area contributed by atoms with E-state index in [9.17, 15) is 9.59 Å². The minimum Gasteiger partial charge on any atom is -0.322 e. The molecule has 0 radical (unpaired) electrons. The highest BCUT2D eigenvalue weighted by atomic mass is 16.2. The Balaban J connectivity index is 1.68. The second kappa shape index (κ2) is 8.81. The van der Waals surface area contributed by atoms with Gasteiger partial charge in [0.25, 0.3) is 5.91 Å². The first-order chi connectivity index (χ1) is 13.5. The maximum Gasteiger partial charge on any atom is 0.322 e. The first-order valence-electron chi connectivity index (χ1n) is 8.95. The Morgan fingerprint density at radius 1 is 0.929 bits per heavy atom. The molecule has 3 aromatic rings. The van der Waals surface area contributed by atoms with E-state index in [1.165, 1.54) is 0 Å². The van der Waals surface area contributed by atoms with Crippen molar-refractivity contribution in [2.45, 2.75) is 13.0 Å². The zero-order valence-electron chi connectivity index (χ0n) is 15.8. The van der Waals surface area contributed by atoms with Gasteiger partial charge >= 0.3 is 6.03 Å². The van der Waals surface area contributed by atoms with Crippen LogP contribution in [0.1, 0.15) is 28.9 Å². The van der Waals surface area contributed by atoms with Gasteiger partial charge in [0.1, 0.15) is 0 Å². The van der Waals surface area contributed by atoms with Crippen LogP contribution in [0.3, 0.4) is 0 Å². The van der Waals surface area contributed by atoms with Gasteiger partial charge in [-0.15, -0.1) is 0 Å². The molecule has 6 heteroatoms. The number of pyridine rings is 1. The zero-order valence-corrected chi connectivity index (χ0v) is 15.8. The fourth-order valence-corrected chi connectivity index (χ4v) is 2.72. The van der Waals surface area contributed by atoms with Crippen LogP contribution in [-0.4, -0.2) is 28.9 Å². The molecule has 0 saturated heterocycles. The molecule has 1 heterocycles. The van der Waals surface area contributed by atoms with Crippen molar-refractivity contribution >= 4 is 23.3 Å². The third-order valence-electron chi connectivity index (χ3n) is 4.48. The first-order valence-corrected chi connectivity index (χ1v) is 8.95. The SMILES string of the molecule is C[C@H](c1cccc(NC(=O)c2ccccc2)c1)N(C)C(=O)Nc1cccnc1. The molecular weight excluding hydrogens is 352 g/mol. The van der Waals surface area contributed by atoms with Crippen molar-refractivity contribution in [3.63, 3.8) is 0 Å². The number of rotatable bonds is 5. The number of urea groups is 1. The topological polar surface area (TPSA) is 74.3 Å². The van der Waals surface area contributed by atoms with Gasteiger partial charge in [0.2, 0.25) is 0 Å². The quantitative estimate of drug-likeness (QED) is 0.687. The fraction of sp³-hybridized carbons (Fsp3) is 0.136. The van der Waals surface area contributed by atoms with Crippen LogP contribution in [0, 0.1) is 0 Å². The van der Waals surface area contributed by atoms with E-state index >= 15 is 0 Å². The van der Waals surface area contributed by atoms with Crippen molar-refractivity contribution < 1.29 is 9.59 Å². The lowest BCUT2D eigenvalue weighted by Gasteiger charge is -2.26. The summed E-state index contributed by atoms with van der Waals surface area (Å²) in [5.74, 6) is -0.173. The average molecular weight is 374 g/mol. The Morgan fingerprint density at radius 3 is 2.39 bits per heavy atom. The minimum atomic E-state index is -0.237. The molecular formula is C22H22N4O2. The van der Waals surface area contributed by atoms with E-state index in [4.69, 9.17) is 0 Å². The molecule has 1 aromatic heterocycles. The zero-order chi connectivity index (χ0) is 19.9. The van der Waals surface area contributed by atoms with E-state index in [2.05, 4.69) is 15.6 Å². The van der Waals surface area contributed by atoms with Gasteiger partial charge in [-0.05, 0) is 48.9 Å². The smallest absolute Gasteiger partial charge is 0.322 e. The highest BCUT2D eigenvalue weighted by molar-refractivity contribution is 6.04. The summed E-state index contributed by atoms with van der Waals surface area (Å²) in [6.45, 7) is 1.93. The number of nitrogens with one attached hydrogen (secondary N) is 2. The maximum atomic E-state index is 12.5. The van der Waals surface area contributed by atoms with Gasteiger partial charge in [0.05, 0.1) is 17.9 Å². The number of anilines is 2. The molecule has 3 rings (SSSR count). The van der Waals surface area contributed by atoms with E-state index in [-0.39, 0.29) is 18.0 Å². The summed E-state index contributed by atoms with van der Waals surface area (Å²) in [4.78, 5) is 30.4. The summed E-state index contributed by atoms with van der Waals surface area (Å²) in [6, 6.07) is 19.6. The van der Waals surface area contributed by atoms with Crippen LogP contribution in [0.15, 0.2) is 79.1 Å². The normalized spacial score (nSPS) is 11.4. The molecule has 2 N–H and O–H groups in total. The third-order valence-corrected chi connectivity index (χ3v) is 4.48. The standard InChI is InChI=1S/C22H22N4O2/c1-16(26(2)22(28)25-20-12-7-13-23-15-20)18-10-6-11-19(14-18)24-21(27)17-8-4-3-5-9-17/h3-16H,1-2H3,(H,24,27)(H,25,28)/t16-/m1/s1. The van der Waals surface area contributed by atoms with Gasteiger partial charge in [-0.1, -0.05) is 30.3 Å². The summed E-state index contributed by atoms with van der Waals surface area (Å²) in [6.07, 6.45) is 3.24. The molecule has 0 bridgehead atoms. The largest absolute Gasteiger partial charge is 0.322 e. The van der Waals surface area contributed by atoms with Crippen molar-refractivity contribution in [3.8, 4) is 0 Å². The van der Waals surface area contributed by atoms with E-state index < -0.39 is 0 Å². The fourth-order valence-electron chi connectivity index (χ4n) is 2.72. The van der Waals surface area contributed by atoms with Crippen LogP contribution < -0.4 is 10.6 Å². The van der Waals surface area contributed by atoms with E-state index in [0.717, 1.165) is 5.56 Å². The van der Waals surface area contributed by atoms with Crippen molar-refractivity contribution in [1.29, 1.82) is 0 Å².